The zero-order chi connectivity index (χ0) is 19.2. The molecular formula is C14H11F4N3O5. The van der Waals surface area contributed by atoms with Crippen LogP contribution < -0.4 is 20.3 Å². The third-order valence-electron chi connectivity index (χ3n) is 3.71. The van der Waals surface area contributed by atoms with Crippen LogP contribution in [0.5, 0.6) is 5.75 Å². The Balaban J connectivity index is 1.97. The van der Waals surface area contributed by atoms with Crippen molar-refractivity contribution in [2.75, 3.05) is 29.5 Å². The number of cyclic esters (lactones) is 1. The summed E-state index contributed by atoms with van der Waals surface area (Å²) in [6, 6.07) is 1.83. The average Bonchev–Trinajstić information content (AvgIpc) is 2.91. The molecule has 1 aromatic rings. The van der Waals surface area contributed by atoms with Crippen molar-refractivity contribution >= 4 is 29.3 Å². The summed E-state index contributed by atoms with van der Waals surface area (Å²) in [5, 5.41) is 0. The van der Waals surface area contributed by atoms with Crippen LogP contribution >= 0.6 is 0 Å². The van der Waals surface area contributed by atoms with Crippen LogP contribution in [0.15, 0.2) is 12.1 Å². The summed E-state index contributed by atoms with van der Waals surface area (Å²) < 4.78 is 62.2. The molecule has 26 heavy (non-hydrogen) atoms. The van der Waals surface area contributed by atoms with Crippen molar-refractivity contribution in [3.8, 4) is 5.75 Å². The molecule has 0 bridgehead atoms. The second kappa shape index (κ2) is 6.04. The summed E-state index contributed by atoms with van der Waals surface area (Å²) in [6.07, 6.45) is -6.97. The van der Waals surface area contributed by atoms with Crippen LogP contribution in [0, 0.1) is 5.82 Å². The number of rotatable bonds is 3. The zero-order valence-corrected chi connectivity index (χ0v) is 12.9. The third-order valence-corrected chi connectivity index (χ3v) is 3.71. The minimum Gasteiger partial charge on any atom is -0.481 e. The molecule has 1 fully saturated rings. The first-order chi connectivity index (χ1) is 12.1. The fourth-order valence-corrected chi connectivity index (χ4v) is 2.60. The SMILES string of the molecule is NC(=O)[C@H]1CN(c2cc(F)c3c(c2)OCC(=O)N3CC(F)(F)F)C(=O)O1. The lowest BCUT2D eigenvalue weighted by Gasteiger charge is -2.31. The third kappa shape index (κ3) is 3.21. The van der Waals surface area contributed by atoms with Gasteiger partial charge in [-0.1, -0.05) is 0 Å². The number of nitrogens with zero attached hydrogens (tertiary/aromatic N) is 2. The van der Waals surface area contributed by atoms with Crippen LogP contribution in [0.2, 0.25) is 0 Å². The molecule has 1 aromatic carbocycles. The van der Waals surface area contributed by atoms with Gasteiger partial charge in [0.2, 0.25) is 0 Å². The average molecular weight is 377 g/mol. The van der Waals surface area contributed by atoms with Gasteiger partial charge >= 0.3 is 12.3 Å². The highest BCUT2D eigenvalue weighted by Crippen LogP contribution is 2.40. The molecule has 140 valence electrons. The number of amides is 3. The molecule has 1 atom stereocenters. The maximum absolute atomic E-state index is 14.5. The van der Waals surface area contributed by atoms with Gasteiger partial charge in [0.25, 0.3) is 11.8 Å². The van der Waals surface area contributed by atoms with E-state index in [1.807, 2.05) is 0 Å². The highest BCUT2D eigenvalue weighted by atomic mass is 19.4. The second-order valence-electron chi connectivity index (χ2n) is 5.54. The quantitative estimate of drug-likeness (QED) is 0.790. The lowest BCUT2D eigenvalue weighted by Crippen LogP contribution is -2.44. The number of hydrogen-bond donors (Lipinski definition) is 1. The van der Waals surface area contributed by atoms with Crippen LogP contribution in [0.1, 0.15) is 0 Å². The van der Waals surface area contributed by atoms with E-state index in [1.165, 1.54) is 0 Å². The minimum atomic E-state index is -4.75. The van der Waals surface area contributed by atoms with Crippen LogP contribution in [-0.4, -0.2) is 49.9 Å². The molecule has 0 unspecified atom stereocenters. The summed E-state index contributed by atoms with van der Waals surface area (Å²) in [4.78, 5) is 35.7. The normalized spacial score (nSPS) is 19.9. The van der Waals surface area contributed by atoms with Gasteiger partial charge in [-0.15, -0.1) is 0 Å². The number of benzene rings is 1. The molecule has 2 heterocycles. The smallest absolute Gasteiger partial charge is 0.415 e. The Bertz CT molecular complexity index is 798. The lowest BCUT2D eigenvalue weighted by molar-refractivity contribution is -0.134. The molecule has 0 spiro atoms. The monoisotopic (exact) mass is 377 g/mol. The van der Waals surface area contributed by atoms with Gasteiger partial charge in [-0.25, -0.2) is 9.18 Å². The molecule has 2 aliphatic rings. The molecule has 3 rings (SSSR count). The van der Waals surface area contributed by atoms with E-state index in [0.717, 1.165) is 17.0 Å². The molecule has 8 nitrogen and oxygen atoms in total. The maximum Gasteiger partial charge on any atom is 0.415 e. The first kappa shape index (κ1) is 17.8. The Morgan fingerprint density at radius 1 is 1.31 bits per heavy atom. The Morgan fingerprint density at radius 2 is 2.00 bits per heavy atom. The van der Waals surface area contributed by atoms with Crippen molar-refractivity contribution in [3.63, 3.8) is 0 Å². The van der Waals surface area contributed by atoms with E-state index in [9.17, 15) is 31.9 Å². The van der Waals surface area contributed by atoms with Crippen LogP contribution in [0.3, 0.4) is 0 Å². The predicted octanol–water partition coefficient (Wildman–Crippen LogP) is 0.924. The largest absolute Gasteiger partial charge is 0.481 e. The highest BCUT2D eigenvalue weighted by molar-refractivity contribution is 6.00. The number of nitrogens with two attached hydrogens (primary N) is 1. The van der Waals surface area contributed by atoms with Crippen molar-refractivity contribution in [3.05, 3.63) is 17.9 Å². The van der Waals surface area contributed by atoms with Crippen molar-refractivity contribution in [2.45, 2.75) is 12.3 Å². The molecule has 3 amide bonds. The number of primary amides is 1. The van der Waals surface area contributed by atoms with Gasteiger partial charge < -0.3 is 15.2 Å². The molecule has 0 aromatic heterocycles. The van der Waals surface area contributed by atoms with E-state index in [-0.39, 0.29) is 22.9 Å². The van der Waals surface area contributed by atoms with Gasteiger partial charge in [-0.05, 0) is 0 Å². The van der Waals surface area contributed by atoms with Crippen LogP contribution in [0.4, 0.5) is 33.7 Å². The van der Waals surface area contributed by atoms with Gasteiger partial charge in [0.15, 0.2) is 18.5 Å². The molecule has 12 heteroatoms. The number of halogens is 4. The highest BCUT2D eigenvalue weighted by Gasteiger charge is 2.40. The van der Waals surface area contributed by atoms with E-state index in [4.69, 9.17) is 15.2 Å². The molecule has 2 aliphatic heterocycles. The van der Waals surface area contributed by atoms with Gasteiger partial charge in [0.05, 0.1) is 12.2 Å². The minimum absolute atomic E-state index is 0.115. The van der Waals surface area contributed by atoms with Gasteiger partial charge in [0, 0.05) is 12.1 Å². The summed E-state index contributed by atoms with van der Waals surface area (Å²) in [6.45, 7) is -2.70. The Morgan fingerprint density at radius 3 is 2.58 bits per heavy atom. The zero-order valence-electron chi connectivity index (χ0n) is 12.9. The van der Waals surface area contributed by atoms with E-state index < -0.39 is 54.8 Å². The molecule has 1 saturated heterocycles. The summed E-state index contributed by atoms with van der Waals surface area (Å²) in [7, 11) is 0. The molecule has 0 aliphatic carbocycles. The van der Waals surface area contributed by atoms with E-state index in [2.05, 4.69) is 0 Å². The second-order valence-corrected chi connectivity index (χ2v) is 5.54. The van der Waals surface area contributed by atoms with E-state index >= 15 is 0 Å². The first-order valence-corrected chi connectivity index (χ1v) is 7.18. The topological polar surface area (TPSA) is 102 Å². The number of fused-ring (bicyclic) bond motifs is 1. The summed E-state index contributed by atoms with van der Waals surface area (Å²) in [5.74, 6) is -3.52. The van der Waals surface area contributed by atoms with E-state index in [0.29, 0.717) is 0 Å². The van der Waals surface area contributed by atoms with E-state index in [1.54, 1.807) is 0 Å². The predicted molar refractivity (Wildman–Crippen MR) is 77.1 cm³/mol. The van der Waals surface area contributed by atoms with Crippen LogP contribution in [-0.2, 0) is 14.3 Å². The Kier molecular flexibility index (Phi) is 4.12. The number of anilines is 2. The van der Waals surface area contributed by atoms with Gasteiger partial charge in [0.1, 0.15) is 18.0 Å². The number of alkyl halides is 3. The van der Waals surface area contributed by atoms with Crippen molar-refractivity contribution in [1.29, 1.82) is 0 Å². The summed E-state index contributed by atoms with van der Waals surface area (Å²) >= 11 is 0. The summed E-state index contributed by atoms with van der Waals surface area (Å²) in [5.41, 5.74) is 4.25. The van der Waals surface area contributed by atoms with Crippen LogP contribution in [0.25, 0.3) is 0 Å². The fourth-order valence-electron chi connectivity index (χ4n) is 2.60. The number of carbonyl (C=O) groups excluding carboxylic acids is 3. The van der Waals surface area contributed by atoms with Crippen molar-refractivity contribution in [2.24, 2.45) is 5.73 Å². The number of hydrogen-bond acceptors (Lipinski definition) is 5. The van der Waals surface area contributed by atoms with Crippen molar-refractivity contribution < 1.29 is 41.4 Å². The fraction of sp³-hybridized carbons (Fsp3) is 0.357. The number of carbonyl (C=O) groups is 3. The number of ether oxygens (including phenoxy) is 2. The Labute approximate surface area is 143 Å². The van der Waals surface area contributed by atoms with Gasteiger partial charge in [-0.2, -0.15) is 13.2 Å². The Hall–Kier alpha value is -3.05. The maximum atomic E-state index is 14.5. The molecule has 2 N–H and O–H groups in total. The molecular weight excluding hydrogens is 366 g/mol. The van der Waals surface area contributed by atoms with Crippen molar-refractivity contribution in [1.82, 2.24) is 0 Å². The molecule has 0 saturated carbocycles. The first-order valence-electron chi connectivity index (χ1n) is 7.18. The molecule has 0 radical (unpaired) electrons. The lowest BCUT2D eigenvalue weighted by atomic mass is 10.1. The standard InChI is InChI=1S/C14H11F4N3O5/c15-7-1-6(20-3-9(12(19)23)26-13(20)24)2-8-11(7)21(5-14(16,17)18)10(22)4-25-8/h1-2,9H,3-5H2,(H2,19,23)/t9-/m1/s1. The van der Waals surface area contributed by atoms with Gasteiger partial charge in [-0.3, -0.25) is 19.4 Å².